The largest absolute Gasteiger partial charge is 0.394 e. The molecule has 0 spiro atoms. The smallest absolute Gasteiger partial charge is 0.240 e. The number of carbonyl (C=O) groups is 2. The van der Waals surface area contributed by atoms with Crippen LogP contribution in [0.25, 0.3) is 0 Å². The molecule has 270 valence electrons. The fourth-order valence-corrected chi connectivity index (χ4v) is 10.8. The van der Waals surface area contributed by atoms with Gasteiger partial charge >= 0.3 is 0 Å². The molecule has 5 saturated carbocycles. The van der Waals surface area contributed by atoms with Crippen molar-refractivity contribution in [3.63, 3.8) is 0 Å². The van der Waals surface area contributed by atoms with Crippen LogP contribution in [0.15, 0.2) is 0 Å². The fourth-order valence-electron chi connectivity index (χ4n) is 10.8. The standard InChI is InChI=1S/C37H66N4O6/c1-20(2)38-35(44)25-13-24(14-27(15-25)40(7)8)28-12-10-11-23(34(28)46-9)18-41-33(32(22(4)43)31(19-42)47-41)36(45)39-30-17-26-16-29(21(30)3)37(26,5)6/h20-34,42-43H,10-19H2,1-9H3,(H,38,44)(H,39,45)/t21-,22-,23?,24?,25?,26+,27?,28?,29-,30+,31-,32+,33-,34?/m0/s1. The predicted molar refractivity (Wildman–Crippen MR) is 182 cm³/mol. The van der Waals surface area contributed by atoms with Gasteiger partial charge in [-0.3, -0.25) is 14.4 Å². The summed E-state index contributed by atoms with van der Waals surface area (Å²) in [6.07, 6.45) is 6.53. The number of hydrogen-bond acceptors (Lipinski definition) is 8. The number of nitrogens with zero attached hydrogens (tertiary/aromatic N) is 2. The first-order chi connectivity index (χ1) is 22.2. The van der Waals surface area contributed by atoms with Crippen LogP contribution in [-0.4, -0.2) is 109 Å². The molecule has 6 rings (SSSR count). The highest BCUT2D eigenvalue weighted by atomic mass is 16.7. The molecule has 2 amide bonds. The molecule has 10 nitrogen and oxygen atoms in total. The minimum absolute atomic E-state index is 0.0210. The van der Waals surface area contributed by atoms with E-state index in [0.29, 0.717) is 47.6 Å². The van der Waals surface area contributed by atoms with Gasteiger partial charge in [-0.15, -0.1) is 0 Å². The van der Waals surface area contributed by atoms with Crippen molar-refractivity contribution in [1.82, 2.24) is 20.6 Å². The van der Waals surface area contributed by atoms with Crippen LogP contribution in [0.3, 0.4) is 0 Å². The van der Waals surface area contributed by atoms with Gasteiger partial charge in [-0.05, 0) is 115 Å². The minimum atomic E-state index is -0.819. The lowest BCUT2D eigenvalue weighted by Gasteiger charge is -2.62. The van der Waals surface area contributed by atoms with Gasteiger partial charge in [0.1, 0.15) is 12.1 Å². The van der Waals surface area contributed by atoms with Crippen LogP contribution in [0.5, 0.6) is 0 Å². The molecule has 0 aromatic heterocycles. The van der Waals surface area contributed by atoms with Crippen LogP contribution in [0.2, 0.25) is 0 Å². The van der Waals surface area contributed by atoms with Crippen LogP contribution in [-0.2, 0) is 19.2 Å². The van der Waals surface area contributed by atoms with E-state index < -0.39 is 24.2 Å². The summed E-state index contributed by atoms with van der Waals surface area (Å²) in [5, 5.41) is 29.6. The van der Waals surface area contributed by atoms with Crippen molar-refractivity contribution in [2.45, 2.75) is 135 Å². The minimum Gasteiger partial charge on any atom is -0.394 e. The molecule has 0 radical (unpaired) electrons. The molecule has 0 aromatic rings. The average Bonchev–Trinajstić information content (AvgIpc) is 3.39. The summed E-state index contributed by atoms with van der Waals surface area (Å²) < 4.78 is 6.34. The molecule has 1 heterocycles. The lowest BCUT2D eigenvalue weighted by molar-refractivity contribution is -0.193. The lowest BCUT2D eigenvalue weighted by Crippen LogP contribution is -2.62. The molecule has 5 aliphatic carbocycles. The Morgan fingerprint density at radius 3 is 2.36 bits per heavy atom. The summed E-state index contributed by atoms with van der Waals surface area (Å²) in [6.45, 7) is 13.0. The number of carbonyl (C=O) groups excluding carboxylic acids is 2. The van der Waals surface area contributed by atoms with Gasteiger partial charge < -0.3 is 30.5 Å². The molecule has 0 aromatic carbocycles. The Morgan fingerprint density at radius 1 is 1.06 bits per heavy atom. The number of fused-ring (bicyclic) bond motifs is 2. The zero-order valence-electron chi connectivity index (χ0n) is 30.7. The summed E-state index contributed by atoms with van der Waals surface area (Å²) in [5.74, 6) is 1.86. The Balaban J connectivity index is 1.33. The zero-order valence-corrected chi connectivity index (χ0v) is 30.7. The molecule has 1 saturated heterocycles. The Morgan fingerprint density at radius 2 is 1.79 bits per heavy atom. The Hall–Kier alpha value is -1.30. The maximum Gasteiger partial charge on any atom is 0.240 e. The molecule has 6 aliphatic rings. The highest BCUT2D eigenvalue weighted by Crippen LogP contribution is 2.61. The Bertz CT molecular complexity index is 1090. The van der Waals surface area contributed by atoms with Gasteiger partial charge in [-0.2, -0.15) is 5.06 Å². The monoisotopic (exact) mass is 662 g/mol. The van der Waals surface area contributed by atoms with Crippen LogP contribution >= 0.6 is 0 Å². The van der Waals surface area contributed by atoms with Gasteiger partial charge in [0, 0.05) is 49.5 Å². The van der Waals surface area contributed by atoms with E-state index in [0.717, 1.165) is 44.9 Å². The van der Waals surface area contributed by atoms with E-state index in [1.54, 1.807) is 19.1 Å². The highest BCUT2D eigenvalue weighted by Gasteiger charge is 2.58. The third-order valence-electron chi connectivity index (χ3n) is 13.6. The second-order valence-electron chi connectivity index (χ2n) is 17.3. The zero-order chi connectivity index (χ0) is 34.4. The van der Waals surface area contributed by atoms with E-state index >= 15 is 0 Å². The van der Waals surface area contributed by atoms with Gasteiger partial charge in [-0.1, -0.05) is 27.2 Å². The first kappa shape index (κ1) is 37.0. The second kappa shape index (κ2) is 14.9. The van der Waals surface area contributed by atoms with Gasteiger partial charge in [0.25, 0.3) is 0 Å². The number of amides is 2. The summed E-state index contributed by atoms with van der Waals surface area (Å²) >= 11 is 0. The normalized spacial score (nSPS) is 42.6. The number of nitrogens with one attached hydrogen (secondary N) is 2. The number of methoxy groups -OCH3 is 1. The molecule has 2 bridgehead atoms. The van der Waals surface area contributed by atoms with Crippen molar-refractivity contribution >= 4 is 11.8 Å². The Labute approximate surface area is 284 Å². The molecule has 14 atom stereocenters. The highest BCUT2D eigenvalue weighted by molar-refractivity contribution is 5.83. The van der Waals surface area contributed by atoms with E-state index in [9.17, 15) is 19.8 Å². The number of aliphatic hydroxyl groups is 2. The summed E-state index contributed by atoms with van der Waals surface area (Å²) in [4.78, 5) is 36.1. The Kier molecular flexibility index (Phi) is 11.7. The second-order valence-corrected chi connectivity index (χ2v) is 17.3. The van der Waals surface area contributed by atoms with Crippen LogP contribution in [0.4, 0.5) is 0 Å². The molecule has 10 heteroatoms. The van der Waals surface area contributed by atoms with E-state index in [1.165, 1.54) is 6.42 Å². The summed E-state index contributed by atoms with van der Waals surface area (Å²) in [5.41, 5.74) is 0.323. The van der Waals surface area contributed by atoms with Crippen molar-refractivity contribution in [2.75, 3.05) is 34.4 Å². The summed E-state index contributed by atoms with van der Waals surface area (Å²) in [7, 11) is 6.03. The molecule has 4 N–H and O–H groups in total. The first-order valence-electron chi connectivity index (χ1n) is 18.7. The van der Waals surface area contributed by atoms with E-state index in [-0.39, 0.29) is 48.4 Å². The average molecular weight is 663 g/mol. The van der Waals surface area contributed by atoms with Crippen molar-refractivity contribution < 1.29 is 29.4 Å². The van der Waals surface area contributed by atoms with Crippen molar-refractivity contribution in [1.29, 1.82) is 0 Å². The SMILES string of the molecule is COC1C(CN2O[C@@H](CO)[C@@H]([C@H](C)O)[C@H]2C(=O)N[C@@H]2C[C@H]3C[C@@H]([C@@H]2C)C3(C)C)CCCC1C1CC(C(=O)NC(C)C)CC(N(C)C)C1. The molecular weight excluding hydrogens is 596 g/mol. The first-order valence-corrected chi connectivity index (χ1v) is 18.7. The number of hydrogen-bond donors (Lipinski definition) is 4. The van der Waals surface area contributed by atoms with E-state index in [2.05, 4.69) is 50.4 Å². The van der Waals surface area contributed by atoms with E-state index in [1.807, 2.05) is 13.8 Å². The number of aliphatic hydroxyl groups excluding tert-OH is 2. The maximum atomic E-state index is 14.2. The predicted octanol–water partition coefficient (Wildman–Crippen LogP) is 3.45. The molecule has 6 fully saturated rings. The summed E-state index contributed by atoms with van der Waals surface area (Å²) in [6, 6.07) is -0.142. The van der Waals surface area contributed by atoms with Crippen molar-refractivity contribution in [3.05, 3.63) is 0 Å². The van der Waals surface area contributed by atoms with Crippen LogP contribution in [0, 0.1) is 52.8 Å². The molecular formula is C37H66N4O6. The number of ether oxygens (including phenoxy) is 1. The molecule has 6 unspecified atom stereocenters. The fraction of sp³-hybridized carbons (Fsp3) is 0.946. The maximum absolute atomic E-state index is 14.2. The molecule has 47 heavy (non-hydrogen) atoms. The van der Waals surface area contributed by atoms with Gasteiger partial charge in [-0.25, -0.2) is 0 Å². The van der Waals surface area contributed by atoms with E-state index in [4.69, 9.17) is 9.57 Å². The lowest BCUT2D eigenvalue weighted by atomic mass is 9.45. The van der Waals surface area contributed by atoms with Crippen molar-refractivity contribution in [3.8, 4) is 0 Å². The quantitative estimate of drug-likeness (QED) is 0.266. The van der Waals surface area contributed by atoms with Crippen LogP contribution < -0.4 is 10.6 Å². The van der Waals surface area contributed by atoms with Gasteiger partial charge in [0.2, 0.25) is 11.8 Å². The third-order valence-corrected chi connectivity index (χ3v) is 13.6. The number of hydroxylamine groups is 2. The molecule has 1 aliphatic heterocycles. The van der Waals surface area contributed by atoms with Gasteiger partial charge in [0.15, 0.2) is 0 Å². The van der Waals surface area contributed by atoms with Crippen LogP contribution in [0.1, 0.15) is 92.9 Å². The van der Waals surface area contributed by atoms with Crippen molar-refractivity contribution in [2.24, 2.45) is 52.8 Å². The topological polar surface area (TPSA) is 124 Å². The van der Waals surface area contributed by atoms with Gasteiger partial charge in [0.05, 0.1) is 18.8 Å². The number of rotatable bonds is 11. The third kappa shape index (κ3) is 7.43.